The summed E-state index contributed by atoms with van der Waals surface area (Å²) in [6.07, 6.45) is 6.01. The minimum atomic E-state index is -0.738. The summed E-state index contributed by atoms with van der Waals surface area (Å²) in [6, 6.07) is 0.955. The number of methoxy groups -OCH3 is 1. The van der Waals surface area contributed by atoms with Crippen molar-refractivity contribution in [2.75, 3.05) is 13.7 Å². The number of hydrogen-bond acceptors (Lipinski definition) is 8. The zero-order valence-corrected chi connectivity index (χ0v) is 23.0. The number of halogens is 1. The number of nitrogens with zero attached hydrogens (tertiary/aromatic N) is 5. The molecule has 3 heterocycles. The molecule has 1 aliphatic heterocycles. The van der Waals surface area contributed by atoms with E-state index in [0.29, 0.717) is 22.2 Å². The second-order valence-electron chi connectivity index (χ2n) is 10.6. The number of aromatic nitrogens is 3. The number of allylic oxidation sites excluding steroid dienone is 2. The molecule has 192 valence electrons. The first-order valence-corrected chi connectivity index (χ1v) is 12.3. The first kappa shape index (κ1) is 26.0. The summed E-state index contributed by atoms with van der Waals surface area (Å²) in [5.74, 6) is 0.278. The van der Waals surface area contributed by atoms with Gasteiger partial charge in [0.05, 0.1) is 18.0 Å². The highest BCUT2D eigenvalue weighted by atomic mass is 79.9. The van der Waals surface area contributed by atoms with E-state index in [4.69, 9.17) is 19.2 Å². The number of hydrogen-bond donors (Lipinski definition) is 0. The molecular formula is C25H30BrN5O5. The van der Waals surface area contributed by atoms with E-state index in [0.717, 1.165) is 10.3 Å². The summed E-state index contributed by atoms with van der Waals surface area (Å²) in [5, 5.41) is 5.09. The number of pyridine rings is 1. The summed E-state index contributed by atoms with van der Waals surface area (Å²) in [7, 11) is 1.61. The molecule has 1 aliphatic carbocycles. The quantitative estimate of drug-likeness (QED) is 0.528. The van der Waals surface area contributed by atoms with Gasteiger partial charge in [-0.25, -0.2) is 14.6 Å². The summed E-state index contributed by atoms with van der Waals surface area (Å²) in [4.78, 5) is 37.3. The second-order valence-corrected chi connectivity index (χ2v) is 11.5. The molecule has 2 atom stereocenters. The number of amides is 1. The fourth-order valence-corrected chi connectivity index (χ4v) is 4.34. The van der Waals surface area contributed by atoms with Gasteiger partial charge in [0, 0.05) is 17.8 Å². The Hall–Kier alpha value is -3.05. The summed E-state index contributed by atoms with van der Waals surface area (Å²) < 4.78 is 18.4. The van der Waals surface area contributed by atoms with Gasteiger partial charge >= 0.3 is 12.2 Å². The van der Waals surface area contributed by atoms with Gasteiger partial charge in [-0.3, -0.25) is 9.89 Å². The molecule has 0 saturated heterocycles. The van der Waals surface area contributed by atoms with Crippen molar-refractivity contribution in [3.05, 3.63) is 46.2 Å². The van der Waals surface area contributed by atoms with E-state index in [9.17, 15) is 9.59 Å². The van der Waals surface area contributed by atoms with Crippen molar-refractivity contribution in [3.63, 3.8) is 0 Å². The molecule has 11 heteroatoms. The molecule has 2 aromatic heterocycles. The average molecular weight is 560 g/mol. The van der Waals surface area contributed by atoms with Crippen molar-refractivity contribution in [2.45, 2.75) is 64.8 Å². The van der Waals surface area contributed by atoms with Gasteiger partial charge in [0.2, 0.25) is 0 Å². The number of fused-ring (bicyclic) bond motifs is 2. The Kier molecular flexibility index (Phi) is 6.82. The van der Waals surface area contributed by atoms with Gasteiger partial charge in [-0.1, -0.05) is 18.2 Å². The third-order valence-corrected chi connectivity index (χ3v) is 5.71. The van der Waals surface area contributed by atoms with Crippen LogP contribution in [-0.4, -0.2) is 74.7 Å². The normalized spacial score (nSPS) is 19.7. The topological polar surface area (TPSA) is 108 Å². The van der Waals surface area contributed by atoms with E-state index < -0.39 is 29.4 Å². The lowest BCUT2D eigenvalue weighted by Gasteiger charge is -2.30. The molecule has 36 heavy (non-hydrogen) atoms. The number of rotatable bonds is 3. The fourth-order valence-electron chi connectivity index (χ4n) is 4.01. The van der Waals surface area contributed by atoms with Crippen LogP contribution in [0, 0.1) is 0 Å². The lowest BCUT2D eigenvalue weighted by molar-refractivity contribution is 0.0345. The highest BCUT2D eigenvalue weighted by Gasteiger charge is 2.45. The minimum absolute atomic E-state index is 0.278. The summed E-state index contributed by atoms with van der Waals surface area (Å²) in [6.45, 7) is 11.1. The summed E-state index contributed by atoms with van der Waals surface area (Å²) >= 11 is 3.45. The van der Waals surface area contributed by atoms with Gasteiger partial charge in [0.25, 0.3) is 0 Å². The van der Waals surface area contributed by atoms with Crippen LogP contribution in [0.4, 0.5) is 9.59 Å². The zero-order chi connectivity index (χ0) is 26.4. The van der Waals surface area contributed by atoms with E-state index in [1.165, 1.54) is 4.90 Å². The molecule has 0 aromatic carbocycles. The number of amidine groups is 1. The van der Waals surface area contributed by atoms with E-state index in [2.05, 4.69) is 26.0 Å². The van der Waals surface area contributed by atoms with Crippen LogP contribution in [0.3, 0.4) is 0 Å². The first-order valence-electron chi connectivity index (χ1n) is 11.5. The van der Waals surface area contributed by atoms with Gasteiger partial charge < -0.3 is 14.2 Å². The maximum Gasteiger partial charge on any atom is 0.437 e. The third-order valence-electron chi connectivity index (χ3n) is 5.28. The molecule has 2 unspecified atom stereocenters. The maximum atomic E-state index is 13.5. The van der Waals surface area contributed by atoms with Crippen LogP contribution in [-0.2, 0) is 14.2 Å². The Morgan fingerprint density at radius 1 is 1.08 bits per heavy atom. The van der Waals surface area contributed by atoms with E-state index >= 15 is 0 Å². The fraction of sp³-hybridized carbons (Fsp3) is 0.480. The number of carbonyl (C=O) groups is 2. The summed E-state index contributed by atoms with van der Waals surface area (Å²) in [5.41, 5.74) is 0.0378. The van der Waals surface area contributed by atoms with E-state index in [1.54, 1.807) is 60.9 Å². The first-order chi connectivity index (χ1) is 16.8. The van der Waals surface area contributed by atoms with Gasteiger partial charge in [-0.15, -0.1) is 4.68 Å². The largest absolute Gasteiger partial charge is 0.443 e. The Morgan fingerprint density at radius 2 is 1.75 bits per heavy atom. The molecule has 10 nitrogen and oxygen atoms in total. The lowest BCUT2D eigenvalue weighted by atomic mass is 9.95. The molecule has 0 radical (unpaired) electrons. The predicted molar refractivity (Wildman–Crippen MR) is 138 cm³/mol. The molecule has 0 saturated carbocycles. The highest BCUT2D eigenvalue weighted by Crippen LogP contribution is 2.34. The van der Waals surface area contributed by atoms with Gasteiger partial charge in [-0.2, -0.15) is 5.10 Å². The molecule has 4 rings (SSSR count). The molecule has 0 fully saturated rings. The average Bonchev–Trinajstić information content (AvgIpc) is 3.30. The maximum absolute atomic E-state index is 13.5. The van der Waals surface area contributed by atoms with Crippen molar-refractivity contribution in [1.82, 2.24) is 19.7 Å². The molecule has 2 aliphatic rings. The highest BCUT2D eigenvalue weighted by molar-refractivity contribution is 9.10. The third kappa shape index (κ3) is 5.22. The van der Waals surface area contributed by atoms with Crippen molar-refractivity contribution < 1.29 is 23.8 Å². The van der Waals surface area contributed by atoms with Crippen LogP contribution in [0.25, 0.3) is 11.0 Å². The van der Waals surface area contributed by atoms with Gasteiger partial charge in [0.15, 0.2) is 11.5 Å². The monoisotopic (exact) mass is 559 g/mol. The minimum Gasteiger partial charge on any atom is -0.443 e. The molecule has 1 amide bonds. The Morgan fingerprint density at radius 3 is 2.39 bits per heavy atom. The SMILES string of the molecule is COCC1=CC=CC2C1N=C(c1nn(C(=O)OC(C)(C)C)c3ncc(Br)cc13)N2C(=O)OC(C)(C)C. The predicted octanol–water partition coefficient (Wildman–Crippen LogP) is 4.85. The standard InChI is InChI=1S/C25H30BrN5O5/c1-24(2,3)35-22(32)30-17-10-8-9-14(13-34-7)18(17)28-21(30)19-16-11-15(26)12-27-20(16)31(29-19)23(33)36-25(4,5)6/h8-12,17-18H,13H2,1-7H3. The molecule has 2 aromatic rings. The van der Waals surface area contributed by atoms with Crippen molar-refractivity contribution in [2.24, 2.45) is 4.99 Å². The Bertz CT molecular complexity index is 1300. The second kappa shape index (κ2) is 9.44. The van der Waals surface area contributed by atoms with Crippen molar-refractivity contribution >= 4 is 45.0 Å². The van der Waals surface area contributed by atoms with Gasteiger partial charge in [0.1, 0.15) is 22.9 Å². The van der Waals surface area contributed by atoms with Crippen LogP contribution in [0.15, 0.2) is 45.5 Å². The van der Waals surface area contributed by atoms with E-state index in [-0.39, 0.29) is 17.5 Å². The van der Waals surface area contributed by atoms with Crippen LogP contribution < -0.4 is 0 Å². The van der Waals surface area contributed by atoms with Crippen LogP contribution >= 0.6 is 15.9 Å². The Labute approximate surface area is 218 Å². The van der Waals surface area contributed by atoms with Crippen LogP contribution in [0.5, 0.6) is 0 Å². The Balaban J connectivity index is 1.89. The lowest BCUT2D eigenvalue weighted by Crippen LogP contribution is -2.47. The van der Waals surface area contributed by atoms with E-state index in [1.807, 2.05) is 18.2 Å². The van der Waals surface area contributed by atoms with Crippen molar-refractivity contribution in [1.29, 1.82) is 0 Å². The zero-order valence-electron chi connectivity index (χ0n) is 21.4. The molecule has 0 N–H and O–H groups in total. The molecule has 0 bridgehead atoms. The number of carbonyl (C=O) groups excluding carboxylic acids is 2. The molecule has 0 spiro atoms. The van der Waals surface area contributed by atoms with Crippen LogP contribution in [0.2, 0.25) is 0 Å². The smallest absolute Gasteiger partial charge is 0.437 e. The molecular weight excluding hydrogens is 530 g/mol. The van der Waals surface area contributed by atoms with Crippen LogP contribution in [0.1, 0.15) is 47.2 Å². The number of ether oxygens (including phenoxy) is 3. The van der Waals surface area contributed by atoms with Gasteiger partial charge in [-0.05, 0) is 69.1 Å². The van der Waals surface area contributed by atoms with Crippen molar-refractivity contribution in [3.8, 4) is 0 Å². The number of aliphatic imine (C=N–C) groups is 1.